The van der Waals surface area contributed by atoms with Crippen LogP contribution in [0.1, 0.15) is 33.6 Å². The summed E-state index contributed by atoms with van der Waals surface area (Å²) in [7, 11) is 0. The van der Waals surface area contributed by atoms with Crippen molar-refractivity contribution in [2.45, 2.75) is 51.2 Å². The van der Waals surface area contributed by atoms with Gasteiger partial charge in [-0.25, -0.2) is 0 Å². The van der Waals surface area contributed by atoms with Crippen LogP contribution in [0.25, 0.3) is 0 Å². The molecule has 2 unspecified atom stereocenters. The third kappa shape index (κ3) is 3.63. The number of rotatable bonds is 3. The van der Waals surface area contributed by atoms with E-state index in [-0.39, 0.29) is 18.2 Å². The van der Waals surface area contributed by atoms with E-state index in [9.17, 15) is 0 Å². The quantitative estimate of drug-likeness (QED) is 0.601. The number of aliphatic hydroxyl groups excluding tert-OH is 1. The molecule has 3 N–H and O–H groups in total. The highest BCUT2D eigenvalue weighted by molar-refractivity contribution is 4.90. The lowest BCUT2D eigenvalue weighted by molar-refractivity contribution is 0.199. The Hall–Kier alpha value is -0.120. The summed E-state index contributed by atoms with van der Waals surface area (Å²) < 4.78 is 0. The molecule has 0 aromatic heterocycles. The molecule has 0 saturated carbocycles. The van der Waals surface area contributed by atoms with Gasteiger partial charge < -0.3 is 15.7 Å². The Labute approximate surface area is 80.9 Å². The van der Waals surface area contributed by atoms with Gasteiger partial charge in [0, 0.05) is 17.6 Å². The van der Waals surface area contributed by atoms with Crippen LogP contribution in [-0.4, -0.2) is 35.9 Å². The van der Waals surface area contributed by atoms with Crippen molar-refractivity contribution in [1.82, 2.24) is 10.6 Å². The Morgan fingerprint density at radius 1 is 1.62 bits per heavy atom. The van der Waals surface area contributed by atoms with Gasteiger partial charge in [-0.05, 0) is 40.2 Å². The van der Waals surface area contributed by atoms with E-state index in [0.717, 1.165) is 19.4 Å². The number of hydrogen-bond donors (Lipinski definition) is 3. The number of aliphatic hydroxyl groups is 1. The standard InChI is InChI=1S/C10H22N2O/c1-8(7-13)12-9-4-5-11-10(2,3)6-9/h8-9,11-13H,4-7H2,1-3H3. The van der Waals surface area contributed by atoms with E-state index in [1.54, 1.807) is 0 Å². The van der Waals surface area contributed by atoms with Crippen molar-refractivity contribution in [1.29, 1.82) is 0 Å². The second-order valence-electron chi connectivity index (χ2n) is 4.75. The largest absolute Gasteiger partial charge is 0.395 e. The van der Waals surface area contributed by atoms with E-state index in [1.807, 2.05) is 6.92 Å². The second kappa shape index (κ2) is 4.40. The Kier molecular flexibility index (Phi) is 3.71. The molecule has 1 saturated heterocycles. The number of hydrogen-bond acceptors (Lipinski definition) is 3. The molecule has 0 aliphatic carbocycles. The molecule has 13 heavy (non-hydrogen) atoms. The molecule has 0 amide bonds. The maximum Gasteiger partial charge on any atom is 0.0582 e. The average molecular weight is 186 g/mol. The van der Waals surface area contributed by atoms with E-state index < -0.39 is 0 Å². The van der Waals surface area contributed by atoms with Gasteiger partial charge in [0.2, 0.25) is 0 Å². The molecule has 2 atom stereocenters. The van der Waals surface area contributed by atoms with Crippen LogP contribution in [0.5, 0.6) is 0 Å². The number of piperidine rings is 1. The molecule has 3 nitrogen and oxygen atoms in total. The monoisotopic (exact) mass is 186 g/mol. The smallest absolute Gasteiger partial charge is 0.0582 e. The van der Waals surface area contributed by atoms with Crippen LogP contribution in [0.3, 0.4) is 0 Å². The van der Waals surface area contributed by atoms with Crippen molar-refractivity contribution >= 4 is 0 Å². The molecule has 0 spiro atoms. The molecule has 1 fully saturated rings. The van der Waals surface area contributed by atoms with Gasteiger partial charge in [-0.3, -0.25) is 0 Å². The van der Waals surface area contributed by atoms with Crippen molar-refractivity contribution in [3.05, 3.63) is 0 Å². The van der Waals surface area contributed by atoms with Crippen LogP contribution in [-0.2, 0) is 0 Å². The van der Waals surface area contributed by atoms with Crippen LogP contribution in [0.4, 0.5) is 0 Å². The normalized spacial score (nSPS) is 30.0. The summed E-state index contributed by atoms with van der Waals surface area (Å²) in [4.78, 5) is 0. The van der Waals surface area contributed by atoms with Crippen molar-refractivity contribution < 1.29 is 5.11 Å². The van der Waals surface area contributed by atoms with Gasteiger partial charge in [0.1, 0.15) is 0 Å². The minimum absolute atomic E-state index is 0.221. The molecular weight excluding hydrogens is 164 g/mol. The molecule has 0 aromatic rings. The lowest BCUT2D eigenvalue weighted by Gasteiger charge is -2.37. The highest BCUT2D eigenvalue weighted by atomic mass is 16.3. The first-order valence-electron chi connectivity index (χ1n) is 5.15. The van der Waals surface area contributed by atoms with Gasteiger partial charge in [-0.15, -0.1) is 0 Å². The summed E-state index contributed by atoms with van der Waals surface area (Å²) in [5.41, 5.74) is 0.241. The highest BCUT2D eigenvalue weighted by Gasteiger charge is 2.27. The minimum atomic E-state index is 0.221. The van der Waals surface area contributed by atoms with Gasteiger partial charge in [-0.2, -0.15) is 0 Å². The fourth-order valence-electron chi connectivity index (χ4n) is 1.97. The van der Waals surface area contributed by atoms with Crippen LogP contribution in [0, 0.1) is 0 Å². The summed E-state index contributed by atoms with van der Waals surface area (Å²) in [6.45, 7) is 7.77. The van der Waals surface area contributed by atoms with Gasteiger partial charge in [0.05, 0.1) is 6.61 Å². The molecule has 78 valence electrons. The van der Waals surface area contributed by atoms with E-state index in [1.165, 1.54) is 0 Å². The van der Waals surface area contributed by atoms with Crippen molar-refractivity contribution in [3.8, 4) is 0 Å². The molecule has 1 aliphatic heterocycles. The molecule has 0 radical (unpaired) electrons. The van der Waals surface area contributed by atoms with Crippen molar-refractivity contribution in [2.75, 3.05) is 13.2 Å². The van der Waals surface area contributed by atoms with Crippen LogP contribution >= 0.6 is 0 Å². The van der Waals surface area contributed by atoms with Gasteiger partial charge in [0.15, 0.2) is 0 Å². The van der Waals surface area contributed by atoms with Crippen LogP contribution in [0.2, 0.25) is 0 Å². The molecule has 0 bridgehead atoms. The molecule has 0 aromatic carbocycles. The SMILES string of the molecule is CC(CO)NC1CCNC(C)(C)C1. The predicted molar refractivity (Wildman–Crippen MR) is 54.8 cm³/mol. The van der Waals surface area contributed by atoms with E-state index >= 15 is 0 Å². The second-order valence-corrected chi connectivity index (χ2v) is 4.75. The Bertz CT molecular complexity index is 159. The minimum Gasteiger partial charge on any atom is -0.395 e. The summed E-state index contributed by atoms with van der Waals surface area (Å²) in [6, 6.07) is 0.775. The maximum absolute atomic E-state index is 8.92. The molecule has 1 rings (SSSR count). The zero-order chi connectivity index (χ0) is 9.90. The summed E-state index contributed by atoms with van der Waals surface area (Å²) >= 11 is 0. The predicted octanol–water partition coefficient (Wildman–Crippen LogP) is 0.487. The fourth-order valence-corrected chi connectivity index (χ4v) is 1.97. The Morgan fingerprint density at radius 3 is 2.85 bits per heavy atom. The molecule has 1 heterocycles. The van der Waals surface area contributed by atoms with Gasteiger partial charge >= 0.3 is 0 Å². The topological polar surface area (TPSA) is 44.3 Å². The third-order valence-electron chi connectivity index (χ3n) is 2.65. The van der Waals surface area contributed by atoms with Crippen molar-refractivity contribution in [3.63, 3.8) is 0 Å². The molecule has 1 aliphatic rings. The Morgan fingerprint density at radius 2 is 2.31 bits per heavy atom. The zero-order valence-corrected chi connectivity index (χ0v) is 8.93. The van der Waals surface area contributed by atoms with Gasteiger partial charge in [0.25, 0.3) is 0 Å². The van der Waals surface area contributed by atoms with Crippen molar-refractivity contribution in [2.24, 2.45) is 0 Å². The first-order valence-corrected chi connectivity index (χ1v) is 5.15. The lowest BCUT2D eigenvalue weighted by Crippen LogP contribution is -2.53. The van der Waals surface area contributed by atoms with Gasteiger partial charge in [-0.1, -0.05) is 0 Å². The first-order chi connectivity index (χ1) is 6.03. The van der Waals surface area contributed by atoms with E-state index in [4.69, 9.17) is 5.11 Å². The van der Waals surface area contributed by atoms with Crippen LogP contribution < -0.4 is 10.6 Å². The molecular formula is C10H22N2O. The lowest BCUT2D eigenvalue weighted by atomic mass is 9.89. The summed E-state index contributed by atoms with van der Waals surface area (Å²) in [5.74, 6) is 0. The average Bonchev–Trinajstić information content (AvgIpc) is 2.02. The van der Waals surface area contributed by atoms with E-state index in [2.05, 4.69) is 24.5 Å². The highest BCUT2D eigenvalue weighted by Crippen LogP contribution is 2.18. The van der Waals surface area contributed by atoms with Crippen LogP contribution in [0.15, 0.2) is 0 Å². The fraction of sp³-hybridized carbons (Fsp3) is 1.00. The maximum atomic E-state index is 8.92. The first kappa shape index (κ1) is 11.0. The molecule has 3 heteroatoms. The van der Waals surface area contributed by atoms with E-state index in [0.29, 0.717) is 6.04 Å². The summed E-state index contributed by atoms with van der Waals surface area (Å²) in [5, 5.41) is 15.8. The zero-order valence-electron chi connectivity index (χ0n) is 8.93. The third-order valence-corrected chi connectivity index (χ3v) is 2.65. The summed E-state index contributed by atoms with van der Waals surface area (Å²) in [6.07, 6.45) is 2.30. The Balaban J connectivity index is 2.34. The number of nitrogens with one attached hydrogen (secondary N) is 2.